The van der Waals surface area contributed by atoms with E-state index in [0.717, 1.165) is 39.5 Å². The number of carbonyl (C=O) groups is 1. The van der Waals surface area contributed by atoms with Gasteiger partial charge in [-0.1, -0.05) is 34.1 Å². The second kappa shape index (κ2) is 7.48. The molecule has 1 fully saturated rings. The Morgan fingerprint density at radius 1 is 1.26 bits per heavy atom. The van der Waals surface area contributed by atoms with Gasteiger partial charge in [0.05, 0.1) is 24.4 Å². The largest absolute Gasteiger partial charge is 0.496 e. The van der Waals surface area contributed by atoms with Crippen molar-refractivity contribution in [3.63, 3.8) is 0 Å². The van der Waals surface area contributed by atoms with Gasteiger partial charge in [0.15, 0.2) is 0 Å². The number of halogens is 1. The monoisotopic (exact) mass is 423 g/mol. The lowest BCUT2D eigenvalue weighted by atomic mass is 10.1. The molecule has 136 valence electrons. The molecule has 1 aliphatic rings. The number of methoxy groups -OCH3 is 1. The maximum atomic E-state index is 12.8. The van der Waals surface area contributed by atoms with E-state index in [1.165, 1.54) is 0 Å². The molecule has 0 unspecified atom stereocenters. The Bertz CT molecular complexity index is 1040. The van der Waals surface area contributed by atoms with E-state index >= 15 is 0 Å². The molecule has 0 aliphatic heterocycles. The Balaban J connectivity index is 1.61. The van der Waals surface area contributed by atoms with E-state index in [-0.39, 0.29) is 5.91 Å². The van der Waals surface area contributed by atoms with Crippen LogP contribution < -0.4 is 10.2 Å². The lowest BCUT2D eigenvalue weighted by Crippen LogP contribution is -2.18. The second-order valence-corrected chi connectivity index (χ2v) is 7.39. The summed E-state index contributed by atoms with van der Waals surface area (Å²) in [4.78, 5) is 17.5. The summed E-state index contributed by atoms with van der Waals surface area (Å²) in [5.74, 6) is 0.901. The van der Waals surface area contributed by atoms with E-state index in [9.17, 15) is 4.79 Å². The van der Waals surface area contributed by atoms with Gasteiger partial charge in [0.1, 0.15) is 5.75 Å². The SMILES string of the molecule is COc1ccc(Br)cc1/C=N\NC(=O)c1cc(C2CC2)nc2ccccc12. The van der Waals surface area contributed by atoms with Gasteiger partial charge in [-0.05, 0) is 43.2 Å². The molecular weight excluding hydrogens is 406 g/mol. The highest BCUT2D eigenvalue weighted by molar-refractivity contribution is 9.10. The van der Waals surface area contributed by atoms with Crippen LogP contribution in [0.2, 0.25) is 0 Å². The fourth-order valence-electron chi connectivity index (χ4n) is 3.00. The number of nitrogens with zero attached hydrogens (tertiary/aromatic N) is 2. The third kappa shape index (κ3) is 3.85. The van der Waals surface area contributed by atoms with Crippen LogP contribution >= 0.6 is 15.9 Å². The highest BCUT2D eigenvalue weighted by atomic mass is 79.9. The van der Waals surface area contributed by atoms with Gasteiger partial charge in [0, 0.05) is 27.0 Å². The van der Waals surface area contributed by atoms with E-state index in [1.807, 2.05) is 48.5 Å². The smallest absolute Gasteiger partial charge is 0.272 e. The standard InChI is InChI=1S/C21H18BrN3O2/c1-27-20-9-8-15(22)10-14(20)12-23-25-21(26)17-11-19(13-6-7-13)24-18-5-3-2-4-16(17)18/h2-5,8-13H,6-7H2,1H3,(H,25,26)/b23-12-. The predicted molar refractivity (Wildman–Crippen MR) is 109 cm³/mol. The fourth-order valence-corrected chi connectivity index (χ4v) is 3.38. The van der Waals surface area contributed by atoms with E-state index in [1.54, 1.807) is 13.3 Å². The molecule has 5 nitrogen and oxygen atoms in total. The molecule has 0 spiro atoms. The molecule has 0 atom stereocenters. The summed E-state index contributed by atoms with van der Waals surface area (Å²) in [6.45, 7) is 0. The minimum atomic E-state index is -0.249. The van der Waals surface area contributed by atoms with Crippen molar-refractivity contribution in [2.75, 3.05) is 7.11 Å². The molecular formula is C21H18BrN3O2. The summed E-state index contributed by atoms with van der Waals surface area (Å²) in [6, 6.07) is 15.2. The Hall–Kier alpha value is -2.73. The van der Waals surface area contributed by atoms with Crippen LogP contribution in [0.1, 0.15) is 40.4 Å². The van der Waals surface area contributed by atoms with Gasteiger partial charge in [0.25, 0.3) is 5.91 Å². The minimum absolute atomic E-state index is 0.249. The highest BCUT2D eigenvalue weighted by Crippen LogP contribution is 2.40. The number of ether oxygens (including phenoxy) is 1. The number of pyridine rings is 1. The molecule has 0 radical (unpaired) electrons. The van der Waals surface area contributed by atoms with Crippen molar-refractivity contribution < 1.29 is 9.53 Å². The number of amides is 1. The van der Waals surface area contributed by atoms with E-state index < -0.39 is 0 Å². The van der Waals surface area contributed by atoms with Crippen LogP contribution in [0.4, 0.5) is 0 Å². The minimum Gasteiger partial charge on any atom is -0.496 e. The molecule has 0 saturated heterocycles. The van der Waals surface area contributed by atoms with Crippen LogP contribution in [0.25, 0.3) is 10.9 Å². The number of aromatic nitrogens is 1. The first-order chi connectivity index (χ1) is 13.2. The van der Waals surface area contributed by atoms with E-state index in [2.05, 4.69) is 26.5 Å². The molecule has 0 bridgehead atoms. The maximum Gasteiger partial charge on any atom is 0.272 e. The molecule has 1 aliphatic carbocycles. The van der Waals surface area contributed by atoms with Crippen LogP contribution in [0.3, 0.4) is 0 Å². The van der Waals surface area contributed by atoms with Gasteiger partial charge < -0.3 is 4.74 Å². The highest BCUT2D eigenvalue weighted by Gasteiger charge is 2.26. The molecule has 1 saturated carbocycles. The lowest BCUT2D eigenvalue weighted by Gasteiger charge is -2.08. The Morgan fingerprint density at radius 3 is 2.85 bits per heavy atom. The summed E-state index contributed by atoms with van der Waals surface area (Å²) in [7, 11) is 1.60. The molecule has 1 amide bonds. The van der Waals surface area contributed by atoms with Crippen molar-refractivity contribution in [1.82, 2.24) is 10.4 Å². The predicted octanol–water partition coefficient (Wildman–Crippen LogP) is 4.65. The Morgan fingerprint density at radius 2 is 2.07 bits per heavy atom. The van der Waals surface area contributed by atoms with Gasteiger partial charge in [-0.25, -0.2) is 5.43 Å². The zero-order chi connectivity index (χ0) is 18.8. The van der Waals surface area contributed by atoms with Gasteiger partial charge in [-0.3, -0.25) is 9.78 Å². The van der Waals surface area contributed by atoms with Crippen LogP contribution in [0.15, 0.2) is 58.1 Å². The summed E-state index contributed by atoms with van der Waals surface area (Å²) >= 11 is 3.43. The summed E-state index contributed by atoms with van der Waals surface area (Å²) in [6.07, 6.45) is 3.84. The first-order valence-corrected chi connectivity index (χ1v) is 9.51. The quantitative estimate of drug-likeness (QED) is 0.479. The van der Waals surface area contributed by atoms with Crippen LogP contribution in [-0.2, 0) is 0 Å². The topological polar surface area (TPSA) is 63.6 Å². The Kier molecular flexibility index (Phi) is 4.90. The lowest BCUT2D eigenvalue weighted by molar-refractivity contribution is 0.0956. The van der Waals surface area contributed by atoms with Crippen molar-refractivity contribution >= 4 is 39.0 Å². The molecule has 4 rings (SSSR count). The molecule has 1 aromatic heterocycles. The summed E-state index contributed by atoms with van der Waals surface area (Å²) < 4.78 is 6.22. The van der Waals surface area contributed by atoms with Gasteiger partial charge in [-0.15, -0.1) is 0 Å². The molecule has 6 heteroatoms. The average molecular weight is 424 g/mol. The fraction of sp³-hybridized carbons (Fsp3) is 0.190. The summed E-state index contributed by atoms with van der Waals surface area (Å²) in [5.41, 5.74) is 5.82. The van der Waals surface area contributed by atoms with Crippen LogP contribution in [0, 0.1) is 0 Å². The number of hydrogen-bond donors (Lipinski definition) is 1. The normalized spacial score (nSPS) is 13.9. The number of hydrogen-bond acceptors (Lipinski definition) is 4. The Labute approximate surface area is 165 Å². The zero-order valence-electron chi connectivity index (χ0n) is 14.8. The van der Waals surface area contributed by atoms with Crippen LogP contribution in [0.5, 0.6) is 5.75 Å². The third-order valence-electron chi connectivity index (χ3n) is 4.54. The number of carbonyl (C=O) groups excluding carboxylic acids is 1. The van der Waals surface area contributed by atoms with Gasteiger partial charge >= 0.3 is 0 Å². The number of fused-ring (bicyclic) bond motifs is 1. The first-order valence-electron chi connectivity index (χ1n) is 8.72. The van der Waals surface area contributed by atoms with E-state index in [0.29, 0.717) is 17.2 Å². The van der Waals surface area contributed by atoms with Crippen molar-refractivity contribution in [2.24, 2.45) is 5.10 Å². The van der Waals surface area contributed by atoms with Crippen molar-refractivity contribution in [3.8, 4) is 5.75 Å². The number of nitrogens with one attached hydrogen (secondary N) is 1. The molecule has 27 heavy (non-hydrogen) atoms. The molecule has 2 aromatic carbocycles. The number of para-hydroxylation sites is 1. The maximum absolute atomic E-state index is 12.8. The number of hydrazone groups is 1. The van der Waals surface area contributed by atoms with Gasteiger partial charge in [-0.2, -0.15) is 5.10 Å². The molecule has 3 aromatic rings. The van der Waals surface area contributed by atoms with Crippen molar-refractivity contribution in [1.29, 1.82) is 0 Å². The first kappa shape index (κ1) is 17.7. The van der Waals surface area contributed by atoms with Crippen molar-refractivity contribution in [3.05, 3.63) is 69.8 Å². The van der Waals surface area contributed by atoms with Crippen molar-refractivity contribution in [2.45, 2.75) is 18.8 Å². The number of benzene rings is 2. The van der Waals surface area contributed by atoms with E-state index in [4.69, 9.17) is 9.72 Å². The zero-order valence-corrected chi connectivity index (χ0v) is 16.4. The van der Waals surface area contributed by atoms with Gasteiger partial charge in [0.2, 0.25) is 0 Å². The third-order valence-corrected chi connectivity index (χ3v) is 5.03. The second-order valence-electron chi connectivity index (χ2n) is 6.47. The molecule has 1 heterocycles. The molecule has 1 N–H and O–H groups in total. The number of rotatable bonds is 5. The van der Waals surface area contributed by atoms with Crippen LogP contribution in [-0.4, -0.2) is 24.2 Å². The summed E-state index contributed by atoms with van der Waals surface area (Å²) in [5, 5.41) is 4.95. The average Bonchev–Trinajstić information content (AvgIpc) is 3.52.